The van der Waals surface area contributed by atoms with Gasteiger partial charge in [-0.1, -0.05) is 60.7 Å². The Labute approximate surface area is 172 Å². The van der Waals surface area contributed by atoms with E-state index in [0.29, 0.717) is 35.1 Å². The molecule has 0 amide bonds. The number of fused-ring (bicyclic) bond motifs is 1. The van der Waals surface area contributed by atoms with E-state index in [0.717, 1.165) is 11.6 Å². The Balaban J connectivity index is 1.67. The molecule has 0 spiro atoms. The standard InChI is InChI=1S/C25H19F3O2/c1-15(29)17-11-9-16(10-12-17)13-18-14-22-19(6-4-7-21(22)24(18)30)20-5-2-3-8-23(20)25(26,27)28/h2-12,18H,13-14H2,1H3. The minimum atomic E-state index is -4.47. The van der Waals surface area contributed by atoms with Crippen molar-refractivity contribution < 1.29 is 22.8 Å². The van der Waals surface area contributed by atoms with E-state index >= 15 is 0 Å². The highest BCUT2D eigenvalue weighted by molar-refractivity contribution is 6.04. The summed E-state index contributed by atoms with van der Waals surface area (Å²) in [6, 6.07) is 17.6. The summed E-state index contributed by atoms with van der Waals surface area (Å²) in [7, 11) is 0. The Morgan fingerprint density at radius 1 is 0.900 bits per heavy atom. The first-order valence-electron chi connectivity index (χ1n) is 9.68. The average Bonchev–Trinajstić information content (AvgIpc) is 3.03. The first-order valence-corrected chi connectivity index (χ1v) is 9.68. The van der Waals surface area contributed by atoms with Crippen molar-refractivity contribution in [3.05, 3.63) is 94.5 Å². The van der Waals surface area contributed by atoms with Crippen LogP contribution in [0.25, 0.3) is 11.1 Å². The molecule has 0 radical (unpaired) electrons. The maximum absolute atomic E-state index is 13.5. The molecule has 0 bridgehead atoms. The van der Waals surface area contributed by atoms with Crippen molar-refractivity contribution in [3.8, 4) is 11.1 Å². The smallest absolute Gasteiger partial charge is 0.295 e. The Hall–Kier alpha value is -3.21. The summed E-state index contributed by atoms with van der Waals surface area (Å²) < 4.78 is 40.6. The van der Waals surface area contributed by atoms with Gasteiger partial charge in [-0.3, -0.25) is 9.59 Å². The zero-order valence-corrected chi connectivity index (χ0v) is 16.3. The lowest BCUT2D eigenvalue weighted by atomic mass is 9.92. The summed E-state index contributed by atoms with van der Waals surface area (Å²) in [5.74, 6) is -0.409. The molecule has 4 rings (SSSR count). The van der Waals surface area contributed by atoms with Gasteiger partial charge in [-0.2, -0.15) is 13.2 Å². The monoisotopic (exact) mass is 408 g/mol. The van der Waals surface area contributed by atoms with E-state index in [-0.39, 0.29) is 23.0 Å². The van der Waals surface area contributed by atoms with Crippen molar-refractivity contribution in [1.29, 1.82) is 0 Å². The molecule has 3 aromatic rings. The van der Waals surface area contributed by atoms with E-state index in [1.807, 2.05) is 12.1 Å². The molecule has 0 aromatic heterocycles. The van der Waals surface area contributed by atoms with E-state index in [2.05, 4.69) is 0 Å². The van der Waals surface area contributed by atoms with E-state index in [9.17, 15) is 22.8 Å². The van der Waals surface area contributed by atoms with E-state index in [1.165, 1.54) is 19.1 Å². The molecule has 0 aliphatic heterocycles. The van der Waals surface area contributed by atoms with Gasteiger partial charge in [0.2, 0.25) is 0 Å². The molecular formula is C25H19F3O2. The number of ketones is 2. The third-order valence-electron chi connectivity index (χ3n) is 5.63. The van der Waals surface area contributed by atoms with Crippen LogP contribution in [0.2, 0.25) is 0 Å². The summed E-state index contributed by atoms with van der Waals surface area (Å²) in [5, 5.41) is 0. The molecule has 1 aliphatic carbocycles. The molecule has 152 valence electrons. The summed E-state index contributed by atoms with van der Waals surface area (Å²) in [5.41, 5.74) is 2.55. The number of benzene rings is 3. The highest BCUT2D eigenvalue weighted by Crippen LogP contribution is 2.41. The van der Waals surface area contributed by atoms with E-state index in [4.69, 9.17) is 0 Å². The summed E-state index contributed by atoms with van der Waals surface area (Å²) in [6.45, 7) is 1.49. The molecule has 0 fully saturated rings. The molecule has 0 N–H and O–H groups in total. The molecule has 5 heteroatoms. The Bertz CT molecular complexity index is 1130. The predicted molar refractivity (Wildman–Crippen MR) is 109 cm³/mol. The number of rotatable bonds is 4. The summed E-state index contributed by atoms with van der Waals surface area (Å²) in [4.78, 5) is 24.4. The minimum Gasteiger partial charge on any atom is -0.295 e. The van der Waals surface area contributed by atoms with Gasteiger partial charge < -0.3 is 0 Å². The van der Waals surface area contributed by atoms with Crippen LogP contribution in [-0.2, 0) is 19.0 Å². The van der Waals surface area contributed by atoms with Crippen LogP contribution in [0.4, 0.5) is 13.2 Å². The van der Waals surface area contributed by atoms with E-state index < -0.39 is 11.7 Å². The van der Waals surface area contributed by atoms with Gasteiger partial charge in [0.15, 0.2) is 11.6 Å². The third-order valence-corrected chi connectivity index (χ3v) is 5.63. The fourth-order valence-electron chi connectivity index (χ4n) is 4.14. The normalized spacial score (nSPS) is 15.9. The van der Waals surface area contributed by atoms with Crippen molar-refractivity contribution in [2.24, 2.45) is 5.92 Å². The lowest BCUT2D eigenvalue weighted by Crippen LogP contribution is -2.12. The van der Waals surface area contributed by atoms with Crippen molar-refractivity contribution in [1.82, 2.24) is 0 Å². The highest BCUT2D eigenvalue weighted by Gasteiger charge is 2.36. The molecule has 0 heterocycles. The number of Topliss-reactive ketones (excluding diaryl/α,β-unsaturated/α-hetero) is 2. The molecule has 3 aromatic carbocycles. The van der Waals surface area contributed by atoms with E-state index in [1.54, 1.807) is 36.4 Å². The minimum absolute atomic E-state index is 0.0288. The van der Waals surface area contributed by atoms with Crippen LogP contribution in [0, 0.1) is 5.92 Å². The topological polar surface area (TPSA) is 34.1 Å². The van der Waals surface area contributed by atoms with Crippen molar-refractivity contribution in [3.63, 3.8) is 0 Å². The number of carbonyl (C=O) groups is 2. The largest absolute Gasteiger partial charge is 0.417 e. The second kappa shape index (κ2) is 7.56. The maximum atomic E-state index is 13.5. The fraction of sp³-hybridized carbons (Fsp3) is 0.200. The average molecular weight is 408 g/mol. The van der Waals surface area contributed by atoms with Crippen molar-refractivity contribution in [2.45, 2.75) is 25.9 Å². The van der Waals surface area contributed by atoms with Crippen molar-refractivity contribution >= 4 is 11.6 Å². The lowest BCUT2D eigenvalue weighted by Gasteiger charge is -2.15. The second-order valence-corrected chi connectivity index (χ2v) is 7.60. The van der Waals surface area contributed by atoms with Crippen LogP contribution in [0.15, 0.2) is 66.7 Å². The maximum Gasteiger partial charge on any atom is 0.417 e. The van der Waals surface area contributed by atoms with Gasteiger partial charge in [0, 0.05) is 17.0 Å². The van der Waals surface area contributed by atoms with Crippen LogP contribution in [0.3, 0.4) is 0 Å². The number of halogens is 3. The van der Waals surface area contributed by atoms with Gasteiger partial charge in [-0.05, 0) is 48.1 Å². The van der Waals surface area contributed by atoms with Crippen LogP contribution in [0.5, 0.6) is 0 Å². The molecule has 1 aliphatic rings. The van der Waals surface area contributed by atoms with Gasteiger partial charge >= 0.3 is 6.18 Å². The van der Waals surface area contributed by atoms with Gasteiger partial charge in [0.1, 0.15) is 0 Å². The number of hydrogen-bond acceptors (Lipinski definition) is 2. The van der Waals surface area contributed by atoms with Crippen LogP contribution in [-0.4, -0.2) is 11.6 Å². The lowest BCUT2D eigenvalue weighted by molar-refractivity contribution is -0.137. The zero-order valence-electron chi connectivity index (χ0n) is 16.3. The Morgan fingerprint density at radius 3 is 2.20 bits per heavy atom. The Morgan fingerprint density at radius 2 is 1.53 bits per heavy atom. The first kappa shape index (κ1) is 20.1. The SMILES string of the molecule is CC(=O)c1ccc(CC2Cc3c(cccc3-c3ccccc3C(F)(F)F)C2=O)cc1. The van der Waals surface area contributed by atoms with Gasteiger partial charge in [-0.15, -0.1) is 0 Å². The van der Waals surface area contributed by atoms with Crippen LogP contribution in [0.1, 0.15) is 44.3 Å². The number of carbonyl (C=O) groups excluding carboxylic acids is 2. The summed E-state index contributed by atoms with van der Waals surface area (Å²) in [6.07, 6.45) is -3.60. The molecular weight excluding hydrogens is 389 g/mol. The van der Waals surface area contributed by atoms with Gasteiger partial charge in [-0.25, -0.2) is 0 Å². The molecule has 1 unspecified atom stereocenters. The highest BCUT2D eigenvalue weighted by atomic mass is 19.4. The third kappa shape index (κ3) is 3.67. The van der Waals surface area contributed by atoms with Crippen molar-refractivity contribution in [2.75, 3.05) is 0 Å². The van der Waals surface area contributed by atoms with Crippen LogP contribution < -0.4 is 0 Å². The Kier molecular flexibility index (Phi) is 5.06. The molecule has 2 nitrogen and oxygen atoms in total. The first-order chi connectivity index (χ1) is 14.3. The van der Waals surface area contributed by atoms with Gasteiger partial charge in [0.05, 0.1) is 5.56 Å². The number of alkyl halides is 3. The zero-order chi connectivity index (χ0) is 21.5. The second-order valence-electron chi connectivity index (χ2n) is 7.60. The molecule has 0 saturated heterocycles. The van der Waals surface area contributed by atoms with Gasteiger partial charge in [0.25, 0.3) is 0 Å². The predicted octanol–water partition coefficient (Wildman–Crippen LogP) is 6.17. The molecule has 30 heavy (non-hydrogen) atoms. The molecule has 0 saturated carbocycles. The van der Waals surface area contributed by atoms with Crippen LogP contribution >= 0.6 is 0 Å². The molecule has 1 atom stereocenters. The number of hydrogen-bond donors (Lipinski definition) is 0. The fourth-order valence-corrected chi connectivity index (χ4v) is 4.14. The quantitative estimate of drug-likeness (QED) is 0.484. The summed E-state index contributed by atoms with van der Waals surface area (Å²) >= 11 is 0.